The third-order valence-corrected chi connectivity index (χ3v) is 1.71. The van der Waals surface area contributed by atoms with E-state index in [1.807, 2.05) is 27.0 Å². The largest absolute Gasteiger partial charge is 0.491 e. The number of nitrogens with one attached hydrogen (secondary N) is 1. The van der Waals surface area contributed by atoms with E-state index in [1.54, 1.807) is 0 Å². The molecule has 0 fully saturated rings. The minimum absolute atomic E-state index is 0. The first kappa shape index (κ1) is 8.18. The second kappa shape index (κ2) is 3.46. The first-order chi connectivity index (χ1) is 5.38. The zero-order valence-corrected chi connectivity index (χ0v) is 7.40. The van der Waals surface area contributed by atoms with Crippen LogP contribution in [-0.2, 0) is 6.42 Å². The lowest BCUT2D eigenvalue weighted by Crippen LogP contribution is -1.89. The second-order valence-corrected chi connectivity index (χ2v) is 2.37. The summed E-state index contributed by atoms with van der Waals surface area (Å²) in [7, 11) is 0. The summed E-state index contributed by atoms with van der Waals surface area (Å²) in [6.07, 6.45) is 3.09. The van der Waals surface area contributed by atoms with Crippen LogP contribution in [0.15, 0.2) is 6.20 Å². The van der Waals surface area contributed by atoms with Gasteiger partial charge in [0.15, 0.2) is 0 Å². The first-order valence-electron chi connectivity index (χ1n) is 4.17. The molecule has 11 heavy (non-hydrogen) atoms. The molecule has 1 aliphatic heterocycles. The van der Waals surface area contributed by atoms with Crippen LogP contribution >= 0.6 is 0 Å². The topological polar surface area (TPSA) is 25.0 Å². The van der Waals surface area contributed by atoms with Crippen molar-refractivity contribution in [3.8, 4) is 5.75 Å². The van der Waals surface area contributed by atoms with Crippen molar-refractivity contribution >= 4 is 0 Å². The highest BCUT2D eigenvalue weighted by Crippen LogP contribution is 2.27. The van der Waals surface area contributed by atoms with Crippen molar-refractivity contribution in [2.45, 2.75) is 27.2 Å². The van der Waals surface area contributed by atoms with E-state index in [9.17, 15) is 0 Å². The normalized spacial score (nSPS) is 13.0. The quantitative estimate of drug-likeness (QED) is 0.612. The Bertz CT molecular complexity index is 232. The van der Waals surface area contributed by atoms with Gasteiger partial charge in [0, 0.05) is 19.6 Å². The van der Waals surface area contributed by atoms with Crippen LogP contribution in [0.25, 0.3) is 0 Å². The molecule has 0 unspecified atom stereocenters. The molecule has 0 bridgehead atoms. The van der Waals surface area contributed by atoms with Gasteiger partial charge in [-0.05, 0) is 6.92 Å². The van der Waals surface area contributed by atoms with Gasteiger partial charge in [0.1, 0.15) is 5.75 Å². The molecule has 1 aromatic rings. The van der Waals surface area contributed by atoms with E-state index in [4.69, 9.17) is 4.74 Å². The van der Waals surface area contributed by atoms with Gasteiger partial charge in [0.05, 0.1) is 12.3 Å². The SMILES string of the molecule is CC.Cc1[nH]cc2c1OCC2.[HH]. The maximum atomic E-state index is 5.34. The van der Waals surface area contributed by atoms with Crippen LogP contribution in [0, 0.1) is 6.92 Å². The molecule has 2 nitrogen and oxygen atoms in total. The highest BCUT2D eigenvalue weighted by Gasteiger charge is 2.14. The zero-order chi connectivity index (χ0) is 8.27. The third-order valence-electron chi connectivity index (χ3n) is 1.71. The minimum Gasteiger partial charge on any atom is -0.491 e. The van der Waals surface area contributed by atoms with Gasteiger partial charge >= 0.3 is 0 Å². The Morgan fingerprint density at radius 1 is 1.55 bits per heavy atom. The summed E-state index contributed by atoms with van der Waals surface area (Å²) < 4.78 is 5.34. The molecule has 0 aliphatic carbocycles. The van der Waals surface area contributed by atoms with Crippen LogP contribution in [-0.4, -0.2) is 11.6 Å². The number of hydrogen-bond donors (Lipinski definition) is 1. The fourth-order valence-corrected chi connectivity index (χ4v) is 1.22. The number of aromatic amines is 1. The standard InChI is InChI=1S/C7H9NO.C2H6.H2/c1-5-7-6(4-8-5)2-3-9-7;1-2;/h4,8H,2-3H2,1H3;1-2H3;1H. The van der Waals surface area contributed by atoms with Gasteiger partial charge in [-0.25, -0.2) is 0 Å². The molecule has 0 spiro atoms. The molecule has 2 rings (SSSR count). The van der Waals surface area contributed by atoms with Crippen molar-refractivity contribution in [3.63, 3.8) is 0 Å². The van der Waals surface area contributed by atoms with E-state index in [1.165, 1.54) is 5.56 Å². The van der Waals surface area contributed by atoms with E-state index in [0.717, 1.165) is 24.5 Å². The van der Waals surface area contributed by atoms with Crippen LogP contribution in [0.2, 0.25) is 0 Å². The van der Waals surface area contributed by atoms with Crippen molar-refractivity contribution in [3.05, 3.63) is 17.5 Å². The Morgan fingerprint density at radius 3 is 2.91 bits per heavy atom. The zero-order valence-electron chi connectivity index (χ0n) is 7.40. The molecule has 0 atom stereocenters. The maximum Gasteiger partial charge on any atom is 0.142 e. The van der Waals surface area contributed by atoms with Crippen LogP contribution in [0.3, 0.4) is 0 Å². The average molecular weight is 155 g/mol. The Morgan fingerprint density at radius 2 is 2.27 bits per heavy atom. The van der Waals surface area contributed by atoms with Crippen LogP contribution in [0.4, 0.5) is 0 Å². The van der Waals surface area contributed by atoms with Crippen LogP contribution < -0.4 is 4.74 Å². The highest BCUT2D eigenvalue weighted by molar-refractivity contribution is 5.39. The summed E-state index contributed by atoms with van der Waals surface area (Å²) in [6.45, 7) is 6.89. The van der Waals surface area contributed by atoms with Gasteiger partial charge < -0.3 is 9.72 Å². The predicted octanol–water partition coefficient (Wildman–Crippen LogP) is 2.53. The van der Waals surface area contributed by atoms with Gasteiger partial charge in [0.25, 0.3) is 0 Å². The molecule has 0 amide bonds. The molecular formula is C9H17NO. The summed E-state index contributed by atoms with van der Waals surface area (Å²) >= 11 is 0. The summed E-state index contributed by atoms with van der Waals surface area (Å²) in [4.78, 5) is 3.11. The van der Waals surface area contributed by atoms with Crippen molar-refractivity contribution in [1.29, 1.82) is 0 Å². The number of fused-ring (bicyclic) bond motifs is 1. The van der Waals surface area contributed by atoms with Crippen molar-refractivity contribution in [2.24, 2.45) is 0 Å². The monoisotopic (exact) mass is 155 g/mol. The van der Waals surface area contributed by atoms with E-state index in [-0.39, 0.29) is 1.43 Å². The molecular weight excluding hydrogens is 138 g/mol. The summed E-state index contributed by atoms with van der Waals surface area (Å²) in [5, 5.41) is 0. The lowest BCUT2D eigenvalue weighted by Gasteiger charge is -1.93. The number of H-pyrrole nitrogens is 1. The van der Waals surface area contributed by atoms with Gasteiger partial charge in [-0.15, -0.1) is 0 Å². The van der Waals surface area contributed by atoms with Crippen LogP contribution in [0.1, 0.15) is 26.5 Å². The summed E-state index contributed by atoms with van der Waals surface area (Å²) in [6, 6.07) is 0. The molecule has 0 aromatic carbocycles. The van der Waals surface area contributed by atoms with Crippen molar-refractivity contribution in [1.82, 2.24) is 4.98 Å². The Hall–Kier alpha value is -0.920. The maximum absolute atomic E-state index is 5.34. The lowest BCUT2D eigenvalue weighted by molar-refractivity contribution is 0.353. The van der Waals surface area contributed by atoms with Gasteiger partial charge in [-0.3, -0.25) is 0 Å². The lowest BCUT2D eigenvalue weighted by atomic mass is 10.2. The highest BCUT2D eigenvalue weighted by atomic mass is 16.5. The molecule has 1 aromatic heterocycles. The van der Waals surface area contributed by atoms with Gasteiger partial charge in [0.2, 0.25) is 0 Å². The number of aromatic nitrogens is 1. The molecule has 2 heterocycles. The minimum atomic E-state index is 0. The smallest absolute Gasteiger partial charge is 0.142 e. The van der Waals surface area contributed by atoms with E-state index in [0.29, 0.717) is 0 Å². The predicted molar refractivity (Wildman–Crippen MR) is 48.2 cm³/mol. The van der Waals surface area contributed by atoms with Crippen molar-refractivity contribution in [2.75, 3.05) is 6.61 Å². The van der Waals surface area contributed by atoms with E-state index < -0.39 is 0 Å². The molecule has 1 N–H and O–H groups in total. The molecule has 0 saturated carbocycles. The number of rotatable bonds is 0. The van der Waals surface area contributed by atoms with Crippen LogP contribution in [0.5, 0.6) is 5.75 Å². The van der Waals surface area contributed by atoms with Gasteiger partial charge in [-0.2, -0.15) is 0 Å². The van der Waals surface area contributed by atoms with E-state index >= 15 is 0 Å². The molecule has 64 valence electrons. The second-order valence-electron chi connectivity index (χ2n) is 2.37. The first-order valence-corrected chi connectivity index (χ1v) is 4.17. The van der Waals surface area contributed by atoms with E-state index in [2.05, 4.69) is 4.98 Å². The molecule has 2 heteroatoms. The fraction of sp³-hybridized carbons (Fsp3) is 0.556. The van der Waals surface area contributed by atoms with Gasteiger partial charge in [-0.1, -0.05) is 13.8 Å². The molecule has 1 aliphatic rings. The Kier molecular flexibility index (Phi) is 2.58. The Balaban J connectivity index is 0.000000378. The fourth-order valence-electron chi connectivity index (χ4n) is 1.22. The summed E-state index contributed by atoms with van der Waals surface area (Å²) in [5.41, 5.74) is 2.48. The average Bonchev–Trinajstić information content (AvgIpc) is 2.60. The molecule has 0 saturated heterocycles. The Labute approximate surface area is 69.1 Å². The number of hydrogen-bond acceptors (Lipinski definition) is 1. The number of aryl methyl sites for hydroxylation is 1. The third kappa shape index (κ3) is 1.39. The number of ether oxygens (including phenoxy) is 1. The summed E-state index contributed by atoms with van der Waals surface area (Å²) in [5.74, 6) is 1.08. The van der Waals surface area contributed by atoms with Crippen molar-refractivity contribution < 1.29 is 6.16 Å². The molecule has 0 radical (unpaired) electrons.